The van der Waals surface area contributed by atoms with Gasteiger partial charge in [0, 0.05) is 0 Å². The summed E-state index contributed by atoms with van der Waals surface area (Å²) in [6.45, 7) is 14.1. The van der Waals surface area contributed by atoms with Crippen molar-refractivity contribution >= 4 is 14.7 Å². The van der Waals surface area contributed by atoms with Gasteiger partial charge in [0.2, 0.25) is 0 Å². The Kier molecular flexibility index (Phi) is 10.9. The van der Waals surface area contributed by atoms with Crippen molar-refractivity contribution in [3.05, 3.63) is 52.1 Å². The molecule has 0 amide bonds. The maximum absolute atomic E-state index is 12.0. The first-order chi connectivity index (χ1) is 14.3. The van der Waals surface area contributed by atoms with E-state index in [0.29, 0.717) is 15.2 Å². The number of esters is 1. The molecule has 0 saturated heterocycles. The number of carbonyl (C=O) groups is 1. The second-order valence-electron chi connectivity index (χ2n) is 6.93. The highest BCUT2D eigenvalue weighted by molar-refractivity contribution is 7.34. The summed E-state index contributed by atoms with van der Waals surface area (Å²) in [5.41, 5.74) is 5.21. The van der Waals surface area contributed by atoms with E-state index in [9.17, 15) is 4.79 Å². The van der Waals surface area contributed by atoms with Gasteiger partial charge in [-0.25, -0.2) is 0 Å². The Bertz CT molecular complexity index is 805. The van der Waals surface area contributed by atoms with Crippen LogP contribution in [0.15, 0.2) is 24.3 Å². The van der Waals surface area contributed by atoms with Crippen LogP contribution in [-0.2, 0) is 16.0 Å². The molecule has 2 aromatic rings. The van der Waals surface area contributed by atoms with Crippen LogP contribution >= 0.6 is 8.73 Å². The van der Waals surface area contributed by atoms with Crippen LogP contribution < -0.4 is 14.6 Å². The first-order valence-corrected chi connectivity index (χ1v) is 11.7. The monoisotopic (exact) mass is 433 g/mol. The third kappa shape index (κ3) is 6.72. The summed E-state index contributed by atoms with van der Waals surface area (Å²) in [4.78, 5) is 12.0. The van der Waals surface area contributed by atoms with Crippen molar-refractivity contribution in [2.24, 2.45) is 0 Å². The van der Waals surface area contributed by atoms with Crippen LogP contribution in [0, 0.1) is 27.7 Å². The summed E-state index contributed by atoms with van der Waals surface area (Å²) in [5, 5.41) is 3.21. The van der Waals surface area contributed by atoms with E-state index < -0.39 is 0 Å². The fourth-order valence-electron chi connectivity index (χ4n) is 3.47. The molecule has 2 unspecified atom stereocenters. The van der Waals surface area contributed by atoms with Crippen molar-refractivity contribution < 1.29 is 19.0 Å². The molecule has 30 heavy (non-hydrogen) atoms. The van der Waals surface area contributed by atoms with E-state index in [1.54, 1.807) is 7.11 Å². The second-order valence-corrected chi connectivity index (χ2v) is 7.71. The lowest BCUT2D eigenvalue weighted by Gasteiger charge is -2.18. The van der Waals surface area contributed by atoms with E-state index in [1.165, 1.54) is 7.11 Å². The summed E-state index contributed by atoms with van der Waals surface area (Å²) in [5.74, 6) is 2.27. The van der Waals surface area contributed by atoms with Crippen LogP contribution in [0.4, 0.5) is 0 Å². The predicted octanol–water partition coefficient (Wildman–Crippen LogP) is 5.64. The van der Waals surface area contributed by atoms with Crippen LogP contribution in [-0.4, -0.2) is 32.9 Å². The summed E-state index contributed by atoms with van der Waals surface area (Å²) in [7, 11) is 3.57. The Morgan fingerprint density at radius 1 is 0.933 bits per heavy atom. The maximum Gasteiger partial charge on any atom is 0.323 e. The second kappa shape index (κ2) is 12.6. The Hall–Kier alpha value is -2.10. The summed E-state index contributed by atoms with van der Waals surface area (Å²) < 4.78 is 16.6. The minimum atomic E-state index is -0.342. The number of hydrogen-bond donors (Lipinski definition) is 1. The third-order valence-electron chi connectivity index (χ3n) is 4.62. The van der Waals surface area contributed by atoms with Gasteiger partial charge >= 0.3 is 5.97 Å². The lowest BCUT2D eigenvalue weighted by atomic mass is 10.0. The normalized spacial score (nSPS) is 11.6. The largest absolute Gasteiger partial charge is 0.496 e. The molecule has 0 aromatic heterocycles. The molecule has 1 N–H and O–H groups in total. The Labute approximate surface area is 183 Å². The molecule has 2 rings (SSSR count). The zero-order chi connectivity index (χ0) is 22.8. The van der Waals surface area contributed by atoms with Crippen LogP contribution in [0.25, 0.3) is 0 Å². The molecular formula is C24H36NO4P. The fraction of sp³-hybridized carbons (Fsp3) is 0.458. The number of ether oxygens (including phenoxy) is 3. The molecule has 6 heteroatoms. The number of rotatable bonds is 8. The van der Waals surface area contributed by atoms with E-state index >= 15 is 0 Å². The van der Waals surface area contributed by atoms with E-state index in [0.717, 1.165) is 45.1 Å². The summed E-state index contributed by atoms with van der Waals surface area (Å²) in [6.07, 6.45) is 0.580. The van der Waals surface area contributed by atoms with E-state index in [4.69, 9.17) is 14.2 Å². The van der Waals surface area contributed by atoms with Crippen LogP contribution in [0.3, 0.4) is 0 Å². The molecule has 0 heterocycles. The number of carbonyl (C=O) groups excluding carboxylic acids is 1. The first kappa shape index (κ1) is 25.9. The molecule has 0 radical (unpaired) electrons. The average Bonchev–Trinajstić information content (AvgIpc) is 2.71. The van der Waals surface area contributed by atoms with Gasteiger partial charge in [-0.1, -0.05) is 34.7 Å². The number of hydrogen-bond acceptors (Lipinski definition) is 5. The van der Waals surface area contributed by atoms with Crippen molar-refractivity contribution in [2.75, 3.05) is 20.9 Å². The van der Waals surface area contributed by atoms with Gasteiger partial charge in [0.15, 0.2) is 0 Å². The lowest BCUT2D eigenvalue weighted by Crippen LogP contribution is -2.34. The lowest BCUT2D eigenvalue weighted by molar-refractivity contribution is -0.142. The molecule has 2 aromatic carbocycles. The molecule has 0 spiro atoms. The van der Waals surface area contributed by atoms with Crippen LogP contribution in [0.2, 0.25) is 0 Å². The number of aryl methyl sites for hydroxylation is 4. The number of methoxy groups -OCH3 is 2. The molecule has 5 nitrogen and oxygen atoms in total. The number of nitrogens with one attached hydrogen (secondary N) is 1. The predicted molar refractivity (Wildman–Crippen MR) is 127 cm³/mol. The molecule has 0 fully saturated rings. The smallest absolute Gasteiger partial charge is 0.323 e. The molecular weight excluding hydrogens is 397 g/mol. The molecule has 0 aliphatic heterocycles. The van der Waals surface area contributed by atoms with Gasteiger partial charge in [0.25, 0.3) is 0 Å². The molecule has 2 atom stereocenters. The third-order valence-corrected chi connectivity index (χ3v) is 5.26. The Morgan fingerprint density at radius 3 is 1.87 bits per heavy atom. The summed E-state index contributed by atoms with van der Waals surface area (Å²) >= 11 is 0. The highest BCUT2D eigenvalue weighted by atomic mass is 31.1. The molecule has 0 saturated carbocycles. The SMILES string of the molecule is CC.COC(=O)C(Cc1cc(C)c(Oc2cc(C)c(OC)c(C)c2)c(C)c1)NPC. The topological polar surface area (TPSA) is 56.8 Å². The van der Waals surface area contributed by atoms with Gasteiger partial charge in [0.05, 0.1) is 14.2 Å². The van der Waals surface area contributed by atoms with Crippen molar-refractivity contribution in [1.29, 1.82) is 0 Å². The van der Waals surface area contributed by atoms with Crippen LogP contribution in [0.5, 0.6) is 17.2 Å². The molecule has 0 bridgehead atoms. The van der Waals surface area contributed by atoms with Crippen molar-refractivity contribution in [3.8, 4) is 17.2 Å². The van der Waals surface area contributed by atoms with Crippen molar-refractivity contribution in [2.45, 2.75) is 54.0 Å². The fourth-order valence-corrected chi connectivity index (χ4v) is 4.04. The summed E-state index contributed by atoms with van der Waals surface area (Å²) in [6, 6.07) is 7.77. The van der Waals surface area contributed by atoms with Gasteiger partial charge in [-0.15, -0.1) is 0 Å². The Balaban J connectivity index is 0.00000218. The van der Waals surface area contributed by atoms with Crippen LogP contribution in [0.1, 0.15) is 41.7 Å². The molecule has 0 aliphatic carbocycles. The minimum absolute atomic E-state index is 0.242. The van der Waals surface area contributed by atoms with Gasteiger partial charge in [-0.2, -0.15) is 0 Å². The van der Waals surface area contributed by atoms with Crippen molar-refractivity contribution in [1.82, 2.24) is 5.09 Å². The van der Waals surface area contributed by atoms with Gasteiger partial charge in [-0.05, 0) is 80.7 Å². The zero-order valence-electron chi connectivity index (χ0n) is 19.7. The highest BCUT2D eigenvalue weighted by Crippen LogP contribution is 2.34. The van der Waals surface area contributed by atoms with Crippen molar-refractivity contribution in [3.63, 3.8) is 0 Å². The van der Waals surface area contributed by atoms with Gasteiger partial charge in [0.1, 0.15) is 23.3 Å². The van der Waals surface area contributed by atoms with Gasteiger partial charge in [-0.3, -0.25) is 9.88 Å². The van der Waals surface area contributed by atoms with E-state index in [2.05, 4.69) is 17.2 Å². The standard InChI is InChI=1S/C22H30NO4P.C2H6/c1-13-8-17(12-19(23-28-7)22(24)26-6)9-14(2)21(13)27-18-10-15(3)20(25-5)16(4)11-18;1-2/h8-11,19,23,28H,12H2,1-7H3;1-2H3. The average molecular weight is 434 g/mol. The first-order valence-electron chi connectivity index (χ1n) is 10.2. The highest BCUT2D eigenvalue weighted by Gasteiger charge is 2.20. The van der Waals surface area contributed by atoms with E-state index in [1.807, 2.05) is 60.3 Å². The quantitative estimate of drug-likeness (QED) is 0.431. The zero-order valence-corrected chi connectivity index (χ0v) is 20.7. The molecule has 166 valence electrons. The number of benzene rings is 2. The van der Waals surface area contributed by atoms with E-state index in [-0.39, 0.29) is 12.0 Å². The minimum Gasteiger partial charge on any atom is -0.496 e. The van der Waals surface area contributed by atoms with Gasteiger partial charge < -0.3 is 14.2 Å². The Morgan fingerprint density at radius 2 is 1.43 bits per heavy atom. The maximum atomic E-state index is 12.0. The molecule has 0 aliphatic rings.